The standard InChI is InChI=1S/C17H18N6O4/c18-17-21-15-14(16(26)22-17)20-12(2-1-9-3-5-19-6-4-9)23(15)13-7-10(25)11(8-24)27-13/h1-6,10-11,13,24-25H,7-8H2,(H3,18,21,22,26)/t10-,11+,13+/m0/s1. The van der Waals surface area contributed by atoms with Crippen molar-refractivity contribution in [3.05, 3.63) is 46.3 Å². The second-order valence-corrected chi connectivity index (χ2v) is 6.19. The highest BCUT2D eigenvalue weighted by atomic mass is 16.5. The van der Waals surface area contributed by atoms with E-state index in [0.29, 0.717) is 5.82 Å². The molecule has 0 radical (unpaired) electrons. The number of nitrogens with one attached hydrogen (secondary N) is 1. The van der Waals surface area contributed by atoms with Gasteiger partial charge in [-0.2, -0.15) is 4.98 Å². The lowest BCUT2D eigenvalue weighted by Crippen LogP contribution is -2.24. The fourth-order valence-corrected chi connectivity index (χ4v) is 3.10. The molecule has 27 heavy (non-hydrogen) atoms. The molecule has 0 saturated carbocycles. The van der Waals surface area contributed by atoms with E-state index < -0.39 is 24.0 Å². The molecule has 10 nitrogen and oxygen atoms in total. The number of aliphatic hydroxyl groups is 2. The summed E-state index contributed by atoms with van der Waals surface area (Å²) in [4.78, 5) is 27.2. The Balaban J connectivity index is 1.84. The molecule has 0 bridgehead atoms. The van der Waals surface area contributed by atoms with Gasteiger partial charge in [-0.25, -0.2) is 4.98 Å². The lowest BCUT2D eigenvalue weighted by atomic mass is 10.2. The maximum atomic E-state index is 12.2. The molecular weight excluding hydrogens is 352 g/mol. The second-order valence-electron chi connectivity index (χ2n) is 6.19. The Kier molecular flexibility index (Phi) is 4.44. The van der Waals surface area contributed by atoms with Gasteiger partial charge in [-0.15, -0.1) is 0 Å². The molecule has 4 heterocycles. The number of aromatic nitrogens is 5. The van der Waals surface area contributed by atoms with Crippen LogP contribution in [0.3, 0.4) is 0 Å². The van der Waals surface area contributed by atoms with Crippen LogP contribution in [0.4, 0.5) is 5.95 Å². The number of rotatable bonds is 4. The van der Waals surface area contributed by atoms with E-state index in [4.69, 9.17) is 10.5 Å². The Labute approximate surface area is 153 Å². The van der Waals surface area contributed by atoms with Crippen LogP contribution in [0.15, 0.2) is 29.3 Å². The number of aromatic amines is 1. The van der Waals surface area contributed by atoms with Crippen molar-refractivity contribution >= 4 is 29.3 Å². The summed E-state index contributed by atoms with van der Waals surface area (Å²) in [5.74, 6) is 0.372. The average molecular weight is 370 g/mol. The van der Waals surface area contributed by atoms with Crippen molar-refractivity contribution in [3.63, 3.8) is 0 Å². The normalized spacial score (nSPS) is 22.8. The van der Waals surface area contributed by atoms with Gasteiger partial charge in [-0.3, -0.25) is 19.3 Å². The van der Waals surface area contributed by atoms with Gasteiger partial charge in [0.15, 0.2) is 11.2 Å². The number of nitrogens with zero attached hydrogens (tertiary/aromatic N) is 4. The Hall–Kier alpha value is -3.08. The first-order chi connectivity index (χ1) is 13.1. The molecule has 0 aliphatic carbocycles. The third-order valence-corrected chi connectivity index (χ3v) is 4.40. The summed E-state index contributed by atoms with van der Waals surface area (Å²) in [6, 6.07) is 3.65. The number of anilines is 1. The van der Waals surface area contributed by atoms with Crippen LogP contribution in [0, 0.1) is 0 Å². The zero-order valence-electron chi connectivity index (χ0n) is 14.2. The smallest absolute Gasteiger partial charge is 0.280 e. The molecule has 10 heteroatoms. The monoisotopic (exact) mass is 370 g/mol. The zero-order chi connectivity index (χ0) is 19.0. The average Bonchev–Trinajstić information content (AvgIpc) is 3.20. The number of nitrogens with two attached hydrogens (primary N) is 1. The molecule has 0 aromatic carbocycles. The molecule has 0 amide bonds. The molecule has 1 saturated heterocycles. The van der Waals surface area contributed by atoms with Gasteiger partial charge >= 0.3 is 0 Å². The fraction of sp³-hybridized carbons (Fsp3) is 0.294. The molecule has 3 aromatic heterocycles. The summed E-state index contributed by atoms with van der Waals surface area (Å²) in [5.41, 5.74) is 6.48. The van der Waals surface area contributed by atoms with E-state index in [1.807, 2.05) is 18.2 Å². The topological polar surface area (TPSA) is 152 Å². The van der Waals surface area contributed by atoms with Crippen molar-refractivity contribution in [2.45, 2.75) is 24.9 Å². The maximum Gasteiger partial charge on any atom is 0.280 e. The zero-order valence-corrected chi connectivity index (χ0v) is 14.2. The number of hydrogen-bond donors (Lipinski definition) is 4. The van der Waals surface area contributed by atoms with E-state index in [2.05, 4.69) is 19.9 Å². The van der Waals surface area contributed by atoms with Crippen LogP contribution in [-0.2, 0) is 4.74 Å². The largest absolute Gasteiger partial charge is 0.394 e. The van der Waals surface area contributed by atoms with Gasteiger partial charge in [-0.05, 0) is 23.8 Å². The molecule has 0 unspecified atom stereocenters. The van der Waals surface area contributed by atoms with E-state index in [1.165, 1.54) is 0 Å². The number of ether oxygens (including phenoxy) is 1. The van der Waals surface area contributed by atoms with E-state index in [0.717, 1.165) is 5.56 Å². The third-order valence-electron chi connectivity index (χ3n) is 4.40. The minimum atomic E-state index is -0.839. The van der Waals surface area contributed by atoms with Crippen LogP contribution in [0.1, 0.15) is 24.0 Å². The number of aliphatic hydroxyl groups excluding tert-OH is 2. The van der Waals surface area contributed by atoms with Crippen molar-refractivity contribution in [1.82, 2.24) is 24.5 Å². The van der Waals surface area contributed by atoms with Gasteiger partial charge in [0.2, 0.25) is 5.95 Å². The van der Waals surface area contributed by atoms with Crippen molar-refractivity contribution < 1.29 is 14.9 Å². The fourth-order valence-electron chi connectivity index (χ4n) is 3.10. The number of imidazole rings is 1. The molecule has 5 N–H and O–H groups in total. The minimum absolute atomic E-state index is 0.0458. The first kappa shape index (κ1) is 17.3. The van der Waals surface area contributed by atoms with E-state index in [9.17, 15) is 15.0 Å². The number of fused-ring (bicyclic) bond motifs is 1. The summed E-state index contributed by atoms with van der Waals surface area (Å²) in [5, 5.41) is 19.4. The first-order valence-electron chi connectivity index (χ1n) is 8.37. The Morgan fingerprint density at radius 2 is 2.11 bits per heavy atom. The molecule has 3 aromatic rings. The van der Waals surface area contributed by atoms with Crippen LogP contribution < -0.4 is 11.3 Å². The van der Waals surface area contributed by atoms with Crippen molar-refractivity contribution in [2.24, 2.45) is 0 Å². The minimum Gasteiger partial charge on any atom is -0.394 e. The Bertz CT molecular complexity index is 1040. The lowest BCUT2D eigenvalue weighted by molar-refractivity contribution is -0.0433. The predicted octanol–water partition coefficient (Wildman–Crippen LogP) is -0.0921. The molecule has 0 spiro atoms. The molecule has 140 valence electrons. The summed E-state index contributed by atoms with van der Waals surface area (Å²) in [7, 11) is 0. The summed E-state index contributed by atoms with van der Waals surface area (Å²) >= 11 is 0. The quantitative estimate of drug-likeness (QED) is 0.497. The maximum absolute atomic E-state index is 12.2. The van der Waals surface area contributed by atoms with Crippen LogP contribution in [-0.4, -0.2) is 53.5 Å². The molecule has 1 aliphatic rings. The van der Waals surface area contributed by atoms with Gasteiger partial charge < -0.3 is 20.7 Å². The van der Waals surface area contributed by atoms with E-state index in [1.54, 1.807) is 23.0 Å². The van der Waals surface area contributed by atoms with Crippen molar-refractivity contribution in [3.8, 4) is 0 Å². The van der Waals surface area contributed by atoms with Gasteiger partial charge in [0, 0.05) is 18.8 Å². The van der Waals surface area contributed by atoms with Crippen LogP contribution in [0.5, 0.6) is 0 Å². The molecule has 1 fully saturated rings. The second kappa shape index (κ2) is 6.91. The lowest BCUT2D eigenvalue weighted by Gasteiger charge is -2.15. The summed E-state index contributed by atoms with van der Waals surface area (Å²) < 4.78 is 7.34. The predicted molar refractivity (Wildman–Crippen MR) is 97.3 cm³/mol. The van der Waals surface area contributed by atoms with E-state index in [-0.39, 0.29) is 30.1 Å². The van der Waals surface area contributed by atoms with Gasteiger partial charge in [-0.1, -0.05) is 6.08 Å². The Morgan fingerprint density at radius 1 is 1.33 bits per heavy atom. The van der Waals surface area contributed by atoms with Crippen LogP contribution in [0.2, 0.25) is 0 Å². The van der Waals surface area contributed by atoms with Gasteiger partial charge in [0.1, 0.15) is 18.2 Å². The Morgan fingerprint density at radius 3 is 2.81 bits per heavy atom. The number of H-pyrrole nitrogens is 1. The molecule has 1 aliphatic heterocycles. The number of nitrogen functional groups attached to an aromatic ring is 1. The SMILES string of the molecule is Nc1nc2c(nc(C=Cc3ccncc3)n2[C@H]2C[C@H](O)[C@@H](CO)O2)c(=O)[nH]1. The highest BCUT2D eigenvalue weighted by molar-refractivity contribution is 5.77. The van der Waals surface area contributed by atoms with Gasteiger partial charge in [0.25, 0.3) is 5.56 Å². The van der Waals surface area contributed by atoms with Crippen molar-refractivity contribution in [1.29, 1.82) is 0 Å². The highest BCUT2D eigenvalue weighted by Gasteiger charge is 2.36. The summed E-state index contributed by atoms with van der Waals surface area (Å²) in [6.45, 7) is -0.317. The summed E-state index contributed by atoms with van der Waals surface area (Å²) in [6.07, 6.45) is 4.88. The third kappa shape index (κ3) is 3.21. The van der Waals surface area contributed by atoms with Crippen molar-refractivity contribution in [2.75, 3.05) is 12.3 Å². The van der Waals surface area contributed by atoms with Crippen LogP contribution >= 0.6 is 0 Å². The number of pyridine rings is 1. The van der Waals surface area contributed by atoms with E-state index >= 15 is 0 Å². The molecule has 4 rings (SSSR count). The van der Waals surface area contributed by atoms with Gasteiger partial charge in [0.05, 0.1) is 12.7 Å². The highest BCUT2D eigenvalue weighted by Crippen LogP contribution is 2.32. The van der Waals surface area contributed by atoms with Crippen LogP contribution in [0.25, 0.3) is 23.3 Å². The first-order valence-corrected chi connectivity index (χ1v) is 8.37. The molecule has 3 atom stereocenters. The molecular formula is C17H18N6O4. The number of hydrogen-bond acceptors (Lipinski definition) is 8.